The Labute approximate surface area is 145 Å². The molecule has 21 heavy (non-hydrogen) atoms. The fourth-order valence-corrected chi connectivity index (χ4v) is 3.41. The van der Waals surface area contributed by atoms with Crippen LogP contribution in [0.3, 0.4) is 0 Å². The summed E-state index contributed by atoms with van der Waals surface area (Å²) in [6.07, 6.45) is -0.919. The average molecular weight is 437 g/mol. The van der Waals surface area contributed by atoms with Crippen LogP contribution in [-0.2, 0) is 0 Å². The molecule has 0 radical (unpaired) electrons. The largest absolute Gasteiger partial charge is 0.496 e. The molecule has 6 heteroatoms. The van der Waals surface area contributed by atoms with Crippen molar-refractivity contribution in [3.05, 3.63) is 55.4 Å². The highest BCUT2D eigenvalue weighted by atomic mass is 79.9. The molecule has 0 saturated carbocycles. The van der Waals surface area contributed by atoms with E-state index in [4.69, 9.17) is 21.1 Å². The van der Waals surface area contributed by atoms with E-state index in [9.17, 15) is 5.11 Å². The summed E-state index contributed by atoms with van der Waals surface area (Å²) in [6.45, 7) is 0. The molecular formula is C15H13Br2ClO3. The van der Waals surface area contributed by atoms with Crippen LogP contribution in [0.25, 0.3) is 0 Å². The number of ether oxygens (including phenoxy) is 2. The molecule has 1 N–H and O–H groups in total. The van der Waals surface area contributed by atoms with Gasteiger partial charge in [-0.05, 0) is 40.2 Å². The highest BCUT2D eigenvalue weighted by Crippen LogP contribution is 2.40. The Balaban J connectivity index is 2.57. The van der Waals surface area contributed by atoms with Crippen LogP contribution in [0.2, 0.25) is 5.02 Å². The van der Waals surface area contributed by atoms with Gasteiger partial charge in [-0.15, -0.1) is 0 Å². The topological polar surface area (TPSA) is 38.7 Å². The summed E-state index contributed by atoms with van der Waals surface area (Å²) in [6, 6.07) is 8.83. The standard InChI is InChI=1S/C15H13Br2ClO3/c1-20-13-5-8(16)3-4-10(13)14(19)11-6-9(18)7-12(17)15(11)21-2/h3-7,14,19H,1-2H3. The first-order chi connectivity index (χ1) is 9.97. The van der Waals surface area contributed by atoms with Gasteiger partial charge in [-0.3, -0.25) is 0 Å². The number of halogens is 3. The van der Waals surface area contributed by atoms with Crippen molar-refractivity contribution in [1.29, 1.82) is 0 Å². The minimum atomic E-state index is -0.919. The number of benzene rings is 2. The van der Waals surface area contributed by atoms with E-state index in [2.05, 4.69) is 31.9 Å². The molecular weight excluding hydrogens is 423 g/mol. The zero-order valence-corrected chi connectivity index (χ0v) is 15.3. The van der Waals surface area contributed by atoms with E-state index in [0.29, 0.717) is 32.1 Å². The molecule has 112 valence electrons. The first-order valence-corrected chi connectivity index (χ1v) is 7.98. The van der Waals surface area contributed by atoms with Crippen molar-refractivity contribution in [2.45, 2.75) is 6.10 Å². The Morgan fingerprint density at radius 3 is 2.38 bits per heavy atom. The van der Waals surface area contributed by atoms with E-state index >= 15 is 0 Å². The van der Waals surface area contributed by atoms with Gasteiger partial charge in [-0.25, -0.2) is 0 Å². The number of methoxy groups -OCH3 is 2. The van der Waals surface area contributed by atoms with Crippen LogP contribution < -0.4 is 9.47 Å². The van der Waals surface area contributed by atoms with E-state index in [1.54, 1.807) is 38.5 Å². The molecule has 0 saturated heterocycles. The lowest BCUT2D eigenvalue weighted by molar-refractivity contribution is 0.209. The summed E-state index contributed by atoms with van der Waals surface area (Å²) >= 11 is 12.8. The molecule has 0 spiro atoms. The van der Waals surface area contributed by atoms with E-state index in [0.717, 1.165) is 4.47 Å². The van der Waals surface area contributed by atoms with Crippen LogP contribution in [0.4, 0.5) is 0 Å². The molecule has 0 aliphatic heterocycles. The normalized spacial score (nSPS) is 12.1. The minimum Gasteiger partial charge on any atom is -0.496 e. The lowest BCUT2D eigenvalue weighted by Crippen LogP contribution is -2.05. The lowest BCUT2D eigenvalue weighted by Gasteiger charge is -2.19. The van der Waals surface area contributed by atoms with Crippen LogP contribution in [0, 0.1) is 0 Å². The van der Waals surface area contributed by atoms with Crippen LogP contribution in [-0.4, -0.2) is 19.3 Å². The Kier molecular flexibility index (Phi) is 5.54. The molecule has 0 aliphatic carbocycles. The van der Waals surface area contributed by atoms with Gasteiger partial charge in [0, 0.05) is 20.6 Å². The SMILES string of the molecule is COc1cc(Br)ccc1C(O)c1cc(Cl)cc(Br)c1OC. The van der Waals surface area contributed by atoms with Crippen molar-refractivity contribution in [3.8, 4) is 11.5 Å². The fourth-order valence-electron chi connectivity index (χ4n) is 2.08. The minimum absolute atomic E-state index is 0.507. The molecule has 2 rings (SSSR count). The summed E-state index contributed by atoms with van der Waals surface area (Å²) in [4.78, 5) is 0. The summed E-state index contributed by atoms with van der Waals surface area (Å²) in [7, 11) is 3.10. The van der Waals surface area contributed by atoms with E-state index in [1.807, 2.05) is 6.07 Å². The predicted octanol–water partition coefficient (Wildman–Crippen LogP) is 4.96. The zero-order chi connectivity index (χ0) is 15.6. The molecule has 1 atom stereocenters. The lowest BCUT2D eigenvalue weighted by atomic mass is 10.00. The Bertz CT molecular complexity index is 662. The second-order valence-electron chi connectivity index (χ2n) is 4.30. The number of rotatable bonds is 4. The highest BCUT2D eigenvalue weighted by molar-refractivity contribution is 9.10. The molecule has 0 amide bonds. The van der Waals surface area contributed by atoms with Crippen molar-refractivity contribution < 1.29 is 14.6 Å². The Morgan fingerprint density at radius 1 is 1.05 bits per heavy atom. The molecule has 0 aliphatic rings. The van der Waals surface area contributed by atoms with Crippen molar-refractivity contribution in [1.82, 2.24) is 0 Å². The number of aliphatic hydroxyl groups excluding tert-OH is 1. The maximum absolute atomic E-state index is 10.7. The summed E-state index contributed by atoms with van der Waals surface area (Å²) in [5, 5.41) is 11.2. The quantitative estimate of drug-likeness (QED) is 0.736. The van der Waals surface area contributed by atoms with Gasteiger partial charge in [0.15, 0.2) is 0 Å². The van der Waals surface area contributed by atoms with E-state index in [-0.39, 0.29) is 0 Å². The molecule has 0 aromatic heterocycles. The maximum Gasteiger partial charge on any atom is 0.139 e. The molecule has 2 aromatic rings. The van der Waals surface area contributed by atoms with Crippen molar-refractivity contribution >= 4 is 43.5 Å². The number of hydrogen-bond acceptors (Lipinski definition) is 3. The van der Waals surface area contributed by atoms with Crippen molar-refractivity contribution in [3.63, 3.8) is 0 Å². The molecule has 0 heterocycles. The maximum atomic E-state index is 10.7. The third-order valence-electron chi connectivity index (χ3n) is 3.03. The summed E-state index contributed by atoms with van der Waals surface area (Å²) in [5.41, 5.74) is 1.20. The molecule has 3 nitrogen and oxygen atoms in total. The average Bonchev–Trinajstić information content (AvgIpc) is 2.45. The third kappa shape index (κ3) is 3.54. The summed E-state index contributed by atoms with van der Waals surface area (Å²) in [5.74, 6) is 1.12. The van der Waals surface area contributed by atoms with Gasteiger partial charge < -0.3 is 14.6 Å². The van der Waals surface area contributed by atoms with Crippen LogP contribution >= 0.6 is 43.5 Å². The Hall–Kier alpha value is -0.750. The highest BCUT2D eigenvalue weighted by Gasteiger charge is 2.21. The predicted molar refractivity (Wildman–Crippen MR) is 90.5 cm³/mol. The van der Waals surface area contributed by atoms with Crippen LogP contribution in [0.15, 0.2) is 39.3 Å². The smallest absolute Gasteiger partial charge is 0.139 e. The van der Waals surface area contributed by atoms with Gasteiger partial charge in [0.1, 0.15) is 17.6 Å². The Morgan fingerprint density at radius 2 is 1.76 bits per heavy atom. The van der Waals surface area contributed by atoms with Crippen molar-refractivity contribution in [2.75, 3.05) is 14.2 Å². The van der Waals surface area contributed by atoms with Crippen molar-refractivity contribution in [2.24, 2.45) is 0 Å². The second kappa shape index (κ2) is 7.01. The summed E-state index contributed by atoms with van der Waals surface area (Å²) < 4.78 is 12.2. The van der Waals surface area contributed by atoms with E-state index in [1.165, 1.54) is 0 Å². The number of aliphatic hydroxyl groups is 1. The van der Waals surface area contributed by atoms with Gasteiger partial charge >= 0.3 is 0 Å². The zero-order valence-electron chi connectivity index (χ0n) is 11.4. The fraction of sp³-hybridized carbons (Fsp3) is 0.200. The molecule has 0 bridgehead atoms. The van der Waals surface area contributed by atoms with Crippen LogP contribution in [0.5, 0.6) is 11.5 Å². The molecule has 0 fully saturated rings. The van der Waals surface area contributed by atoms with E-state index < -0.39 is 6.10 Å². The van der Waals surface area contributed by atoms with Gasteiger partial charge in [0.2, 0.25) is 0 Å². The first kappa shape index (κ1) is 16.6. The monoisotopic (exact) mass is 434 g/mol. The number of hydrogen-bond donors (Lipinski definition) is 1. The molecule has 1 unspecified atom stereocenters. The van der Waals surface area contributed by atoms with Crippen LogP contribution in [0.1, 0.15) is 17.2 Å². The first-order valence-electron chi connectivity index (χ1n) is 6.02. The third-order valence-corrected chi connectivity index (χ3v) is 4.33. The van der Waals surface area contributed by atoms with Gasteiger partial charge in [0.05, 0.1) is 18.7 Å². The second-order valence-corrected chi connectivity index (χ2v) is 6.51. The van der Waals surface area contributed by atoms with Gasteiger partial charge in [-0.1, -0.05) is 33.6 Å². The van der Waals surface area contributed by atoms with Gasteiger partial charge in [0.25, 0.3) is 0 Å². The van der Waals surface area contributed by atoms with Gasteiger partial charge in [-0.2, -0.15) is 0 Å². The molecule has 2 aromatic carbocycles.